The number of carbonyl (C=O) groups excluding carboxylic acids is 1. The molecule has 0 saturated heterocycles. The lowest BCUT2D eigenvalue weighted by atomic mass is 10.0. The maximum absolute atomic E-state index is 12.2. The van der Waals surface area contributed by atoms with Gasteiger partial charge >= 0.3 is 0 Å². The summed E-state index contributed by atoms with van der Waals surface area (Å²) in [6.07, 6.45) is 1.61. The second kappa shape index (κ2) is 7.01. The summed E-state index contributed by atoms with van der Waals surface area (Å²) in [4.78, 5) is 11.2. The number of sulfonamides is 1. The molecule has 0 amide bonds. The number of rotatable bonds is 5. The third-order valence-corrected chi connectivity index (χ3v) is 4.72. The molecule has 2 aromatic carbocycles. The first kappa shape index (κ1) is 17.9. The lowest BCUT2D eigenvalue weighted by Gasteiger charge is -2.08. The van der Waals surface area contributed by atoms with Crippen molar-refractivity contribution in [1.29, 1.82) is 0 Å². The van der Waals surface area contributed by atoms with Gasteiger partial charge in [-0.3, -0.25) is 9.52 Å². The van der Waals surface area contributed by atoms with E-state index >= 15 is 0 Å². The first-order valence-electron chi connectivity index (χ1n) is 7.58. The molecule has 0 fully saturated rings. The molecule has 0 heterocycles. The van der Waals surface area contributed by atoms with Crippen molar-refractivity contribution in [3.8, 4) is 0 Å². The van der Waals surface area contributed by atoms with Gasteiger partial charge in [-0.2, -0.15) is 0 Å². The molecule has 0 aliphatic carbocycles. The summed E-state index contributed by atoms with van der Waals surface area (Å²) >= 11 is 0. The van der Waals surface area contributed by atoms with Crippen LogP contribution in [0.25, 0.3) is 6.08 Å². The third-order valence-electron chi connectivity index (χ3n) is 3.70. The molecule has 126 valence electrons. The SMILES string of the molecule is CC(=O)c1ccc(NS(=O)(=O)/C=C/c2c(C)cc(C)cc2C)cc1. The Hall–Kier alpha value is -2.40. The van der Waals surface area contributed by atoms with Gasteiger partial charge in [-0.25, -0.2) is 8.42 Å². The Bertz CT molecular complexity index is 872. The van der Waals surface area contributed by atoms with Gasteiger partial charge in [-0.05, 0) is 74.7 Å². The quantitative estimate of drug-likeness (QED) is 0.827. The van der Waals surface area contributed by atoms with E-state index in [-0.39, 0.29) is 5.78 Å². The largest absolute Gasteiger partial charge is 0.295 e. The maximum Gasteiger partial charge on any atom is 0.255 e. The number of carbonyl (C=O) groups is 1. The second-order valence-corrected chi connectivity index (χ2v) is 7.46. The van der Waals surface area contributed by atoms with E-state index in [2.05, 4.69) is 4.72 Å². The molecule has 2 aromatic rings. The van der Waals surface area contributed by atoms with Crippen molar-refractivity contribution in [2.75, 3.05) is 4.72 Å². The zero-order valence-corrected chi connectivity index (χ0v) is 15.1. The molecule has 0 atom stereocenters. The number of ketones is 1. The molecular weight excluding hydrogens is 322 g/mol. The summed E-state index contributed by atoms with van der Waals surface area (Å²) in [7, 11) is -3.63. The lowest BCUT2D eigenvalue weighted by Crippen LogP contribution is -2.09. The van der Waals surface area contributed by atoms with E-state index in [1.54, 1.807) is 30.3 Å². The van der Waals surface area contributed by atoms with Crippen LogP contribution in [0.15, 0.2) is 41.8 Å². The number of hydrogen-bond donors (Lipinski definition) is 1. The number of benzene rings is 2. The van der Waals surface area contributed by atoms with Gasteiger partial charge in [0, 0.05) is 11.3 Å². The van der Waals surface area contributed by atoms with E-state index in [0.29, 0.717) is 11.3 Å². The molecule has 24 heavy (non-hydrogen) atoms. The number of anilines is 1. The number of aryl methyl sites for hydroxylation is 3. The minimum Gasteiger partial charge on any atom is -0.295 e. The zero-order chi connectivity index (χ0) is 17.9. The van der Waals surface area contributed by atoms with Gasteiger partial charge in [0.15, 0.2) is 5.78 Å². The highest BCUT2D eigenvalue weighted by atomic mass is 32.2. The van der Waals surface area contributed by atoms with Crippen molar-refractivity contribution in [2.24, 2.45) is 0 Å². The van der Waals surface area contributed by atoms with Crippen molar-refractivity contribution in [3.05, 3.63) is 69.6 Å². The number of nitrogens with one attached hydrogen (secondary N) is 1. The molecule has 0 saturated carbocycles. The topological polar surface area (TPSA) is 63.2 Å². The van der Waals surface area contributed by atoms with Crippen molar-refractivity contribution >= 4 is 27.6 Å². The van der Waals surface area contributed by atoms with E-state index in [0.717, 1.165) is 27.7 Å². The van der Waals surface area contributed by atoms with Crippen LogP contribution in [-0.4, -0.2) is 14.2 Å². The molecule has 0 unspecified atom stereocenters. The molecule has 0 aliphatic rings. The van der Waals surface area contributed by atoms with E-state index in [1.165, 1.54) is 6.92 Å². The van der Waals surface area contributed by atoms with Crippen molar-refractivity contribution in [1.82, 2.24) is 0 Å². The Morgan fingerprint density at radius 2 is 1.54 bits per heavy atom. The Kier molecular flexibility index (Phi) is 5.24. The highest BCUT2D eigenvalue weighted by molar-refractivity contribution is 7.95. The first-order valence-corrected chi connectivity index (χ1v) is 9.12. The number of Topliss-reactive ketones (excluding diaryl/α,β-unsaturated/α-hetero) is 1. The first-order chi connectivity index (χ1) is 11.2. The van der Waals surface area contributed by atoms with Crippen molar-refractivity contribution in [3.63, 3.8) is 0 Å². The fourth-order valence-electron chi connectivity index (χ4n) is 2.58. The van der Waals surface area contributed by atoms with Crippen LogP contribution in [0.4, 0.5) is 5.69 Å². The molecular formula is C19H21NO3S. The summed E-state index contributed by atoms with van der Waals surface area (Å²) in [5.41, 5.74) is 5.07. The van der Waals surface area contributed by atoms with Crippen LogP contribution >= 0.6 is 0 Å². The molecule has 2 rings (SSSR count). The molecule has 5 heteroatoms. The Balaban J connectivity index is 2.21. The average Bonchev–Trinajstić information content (AvgIpc) is 2.46. The van der Waals surface area contributed by atoms with Gasteiger partial charge in [0.2, 0.25) is 0 Å². The smallest absolute Gasteiger partial charge is 0.255 e. The summed E-state index contributed by atoms with van der Waals surface area (Å²) < 4.78 is 26.9. The summed E-state index contributed by atoms with van der Waals surface area (Å²) in [5, 5.41) is 1.16. The normalized spacial score (nSPS) is 11.7. The molecule has 4 nitrogen and oxygen atoms in total. The minimum absolute atomic E-state index is 0.0605. The van der Waals surface area contributed by atoms with Gasteiger partial charge in [-0.1, -0.05) is 17.7 Å². The van der Waals surface area contributed by atoms with Crippen LogP contribution in [-0.2, 0) is 10.0 Å². The van der Waals surface area contributed by atoms with E-state index in [1.807, 2.05) is 32.9 Å². The van der Waals surface area contributed by atoms with E-state index in [9.17, 15) is 13.2 Å². The molecule has 0 spiro atoms. The predicted octanol–water partition coefficient (Wildman–Crippen LogP) is 4.23. The Morgan fingerprint density at radius 3 is 2.04 bits per heavy atom. The standard InChI is InChI=1S/C19H21NO3S/c1-13-11-14(2)19(15(3)12-13)9-10-24(22,23)20-18-7-5-17(6-8-18)16(4)21/h5-12,20H,1-4H3/b10-9+. The summed E-state index contributed by atoms with van der Waals surface area (Å²) in [6.45, 7) is 7.39. The second-order valence-electron chi connectivity index (χ2n) is 5.90. The lowest BCUT2D eigenvalue weighted by molar-refractivity contribution is 0.101. The van der Waals surface area contributed by atoms with Crippen LogP contribution in [0, 0.1) is 20.8 Å². The van der Waals surface area contributed by atoms with Gasteiger partial charge < -0.3 is 0 Å². The van der Waals surface area contributed by atoms with Crippen LogP contribution in [0.1, 0.15) is 39.5 Å². The fourth-order valence-corrected chi connectivity index (χ4v) is 3.43. The van der Waals surface area contributed by atoms with Crippen molar-refractivity contribution in [2.45, 2.75) is 27.7 Å². The number of hydrogen-bond acceptors (Lipinski definition) is 3. The monoisotopic (exact) mass is 343 g/mol. The van der Waals surface area contributed by atoms with Crippen LogP contribution in [0.2, 0.25) is 0 Å². The fraction of sp³-hybridized carbons (Fsp3) is 0.211. The highest BCUT2D eigenvalue weighted by Crippen LogP contribution is 2.19. The highest BCUT2D eigenvalue weighted by Gasteiger charge is 2.08. The van der Waals surface area contributed by atoms with Crippen LogP contribution in [0.5, 0.6) is 0 Å². The van der Waals surface area contributed by atoms with Gasteiger partial charge in [0.1, 0.15) is 0 Å². The molecule has 1 N–H and O–H groups in total. The van der Waals surface area contributed by atoms with Gasteiger partial charge in [0.05, 0.1) is 5.41 Å². The minimum atomic E-state index is -3.63. The third kappa shape index (κ3) is 4.55. The summed E-state index contributed by atoms with van der Waals surface area (Å²) in [6, 6.07) is 10.4. The molecule has 0 radical (unpaired) electrons. The van der Waals surface area contributed by atoms with Crippen molar-refractivity contribution < 1.29 is 13.2 Å². The average molecular weight is 343 g/mol. The van der Waals surface area contributed by atoms with E-state index in [4.69, 9.17) is 0 Å². The molecule has 0 bridgehead atoms. The summed E-state index contributed by atoms with van der Waals surface area (Å²) in [5.74, 6) is -0.0605. The zero-order valence-electron chi connectivity index (χ0n) is 14.3. The van der Waals surface area contributed by atoms with Gasteiger partial charge in [-0.15, -0.1) is 0 Å². The van der Waals surface area contributed by atoms with Crippen LogP contribution < -0.4 is 4.72 Å². The van der Waals surface area contributed by atoms with Crippen LogP contribution in [0.3, 0.4) is 0 Å². The van der Waals surface area contributed by atoms with E-state index < -0.39 is 10.0 Å². The van der Waals surface area contributed by atoms with Gasteiger partial charge in [0.25, 0.3) is 10.0 Å². The maximum atomic E-state index is 12.2. The molecule has 0 aromatic heterocycles. The Morgan fingerprint density at radius 1 is 1.00 bits per heavy atom. The predicted molar refractivity (Wildman–Crippen MR) is 98.7 cm³/mol. The Labute approximate surface area is 143 Å². The molecule has 0 aliphatic heterocycles.